The summed E-state index contributed by atoms with van der Waals surface area (Å²) in [6.45, 7) is 3.66. The summed E-state index contributed by atoms with van der Waals surface area (Å²) in [7, 11) is 0. The number of amides is 4. The van der Waals surface area contributed by atoms with Crippen LogP contribution in [-0.4, -0.2) is 57.2 Å². The van der Waals surface area contributed by atoms with E-state index in [1.807, 2.05) is 13.0 Å². The van der Waals surface area contributed by atoms with Crippen LogP contribution in [0.5, 0.6) is 0 Å². The summed E-state index contributed by atoms with van der Waals surface area (Å²) in [6.07, 6.45) is 8.44. The van der Waals surface area contributed by atoms with Crippen LogP contribution in [0.1, 0.15) is 81.6 Å². The number of benzene rings is 2. The average molecular weight is 700 g/mol. The average Bonchev–Trinajstić information content (AvgIpc) is 3.69. The van der Waals surface area contributed by atoms with E-state index in [9.17, 15) is 29.1 Å². The number of hydrogen-bond acceptors (Lipinski definition) is 6. The molecule has 50 heavy (non-hydrogen) atoms. The van der Waals surface area contributed by atoms with Crippen LogP contribution in [0.15, 0.2) is 78.8 Å². The number of nitrogens with one attached hydrogen (secondary N) is 2. The number of rotatable bonds is 13. The molecule has 11 nitrogen and oxygen atoms in total. The van der Waals surface area contributed by atoms with Gasteiger partial charge in [0.1, 0.15) is 17.9 Å². The van der Waals surface area contributed by atoms with Gasteiger partial charge in [-0.2, -0.15) is 0 Å². The molecule has 262 valence electrons. The van der Waals surface area contributed by atoms with Crippen molar-refractivity contribution in [2.75, 3.05) is 11.4 Å². The molecule has 1 aliphatic heterocycles. The first-order valence-corrected chi connectivity index (χ1v) is 17.3. The summed E-state index contributed by atoms with van der Waals surface area (Å²) in [6, 6.07) is 16.7. The first-order valence-electron chi connectivity index (χ1n) is 16.9. The number of carboxylic acid groups (broad SMARTS) is 1. The van der Waals surface area contributed by atoms with Crippen molar-refractivity contribution < 1.29 is 29.1 Å². The maximum atomic E-state index is 14.3. The third kappa shape index (κ3) is 8.22. The predicted octanol–water partition coefficient (Wildman–Crippen LogP) is 5.65. The quantitative estimate of drug-likeness (QED) is 0.195. The second kappa shape index (κ2) is 16.1. The number of carbonyl (C=O) groups is 5. The SMILES string of the molecule is CCCC(=O)N1C(Cc2cccnc2)C(=O)N(c2ccc(C=C(NC(=O)C3(CCNC(C)=O)CCCC3)C(=O)O)cc2)C1c1ccc(Cl)cc1. The third-order valence-electron chi connectivity index (χ3n) is 9.42. The molecular weight excluding hydrogens is 658 g/mol. The Morgan fingerprint density at radius 1 is 1.04 bits per heavy atom. The van der Waals surface area contributed by atoms with Crippen molar-refractivity contribution in [2.45, 2.75) is 77.4 Å². The van der Waals surface area contributed by atoms with Crippen LogP contribution in [0.25, 0.3) is 6.08 Å². The molecular formula is C38H42ClN5O6. The minimum Gasteiger partial charge on any atom is -0.477 e. The van der Waals surface area contributed by atoms with Gasteiger partial charge in [-0.3, -0.25) is 29.1 Å². The molecule has 3 aromatic rings. The van der Waals surface area contributed by atoms with Crippen LogP contribution >= 0.6 is 11.6 Å². The summed E-state index contributed by atoms with van der Waals surface area (Å²) in [4.78, 5) is 72.7. The molecule has 0 bridgehead atoms. The first kappa shape index (κ1) is 36.3. The summed E-state index contributed by atoms with van der Waals surface area (Å²) in [5.41, 5.74) is 1.48. The molecule has 1 aromatic heterocycles. The molecule has 2 aromatic carbocycles. The molecule has 2 atom stereocenters. The standard InChI is InChI=1S/C38H42ClN5O6/c1-3-7-33(46)44-32(23-27-8-6-20-40-24-27)35(47)43(34(44)28-11-13-29(39)14-12-28)30-15-9-26(10-16-30)22-31(36(48)49)42-37(50)38(17-4-5-18-38)19-21-41-25(2)45/h6,8-16,20,22,24,32,34H,3-5,7,17-19,21,23H2,1-2H3,(H,41,45)(H,42,50)(H,48,49). The number of nitrogens with zero attached hydrogens (tertiary/aromatic N) is 3. The summed E-state index contributed by atoms with van der Waals surface area (Å²) < 4.78 is 0. The van der Waals surface area contributed by atoms with Crippen molar-refractivity contribution in [1.82, 2.24) is 20.5 Å². The Kier molecular flexibility index (Phi) is 11.7. The zero-order valence-corrected chi connectivity index (χ0v) is 29.0. The molecule has 2 heterocycles. The number of hydrogen-bond donors (Lipinski definition) is 3. The molecule has 12 heteroatoms. The highest BCUT2D eigenvalue weighted by Gasteiger charge is 2.49. The van der Waals surface area contributed by atoms with Gasteiger partial charge in [-0.25, -0.2) is 4.79 Å². The van der Waals surface area contributed by atoms with Crippen molar-refractivity contribution in [3.05, 3.63) is 100 Å². The van der Waals surface area contributed by atoms with Gasteiger partial charge in [-0.1, -0.05) is 61.7 Å². The molecule has 0 radical (unpaired) electrons. The van der Waals surface area contributed by atoms with Crippen molar-refractivity contribution in [2.24, 2.45) is 5.41 Å². The van der Waals surface area contributed by atoms with Gasteiger partial charge in [0.25, 0.3) is 5.91 Å². The highest BCUT2D eigenvalue weighted by Crippen LogP contribution is 2.42. The Hall–Kier alpha value is -5.03. The van der Waals surface area contributed by atoms with E-state index in [1.54, 1.807) is 76.8 Å². The van der Waals surface area contributed by atoms with Crippen LogP contribution in [-0.2, 0) is 30.4 Å². The lowest BCUT2D eigenvalue weighted by Crippen LogP contribution is -2.42. The van der Waals surface area contributed by atoms with Gasteiger partial charge < -0.3 is 20.6 Å². The Morgan fingerprint density at radius 2 is 1.74 bits per heavy atom. The Bertz CT molecular complexity index is 1740. The molecule has 4 amide bonds. The Morgan fingerprint density at radius 3 is 2.34 bits per heavy atom. The van der Waals surface area contributed by atoms with E-state index < -0.39 is 23.6 Å². The lowest BCUT2D eigenvalue weighted by Gasteiger charge is -2.32. The maximum Gasteiger partial charge on any atom is 0.352 e. The van der Waals surface area contributed by atoms with Gasteiger partial charge in [0.05, 0.1) is 5.41 Å². The lowest BCUT2D eigenvalue weighted by molar-refractivity contribution is -0.137. The fourth-order valence-corrected chi connectivity index (χ4v) is 7.04. The van der Waals surface area contributed by atoms with Crippen molar-refractivity contribution in [1.29, 1.82) is 0 Å². The first-order chi connectivity index (χ1) is 24.0. The minimum atomic E-state index is -1.29. The van der Waals surface area contributed by atoms with E-state index in [0.717, 1.165) is 18.4 Å². The fourth-order valence-electron chi connectivity index (χ4n) is 6.91. The second-order valence-corrected chi connectivity index (χ2v) is 13.3. The zero-order chi connectivity index (χ0) is 35.8. The van der Waals surface area contributed by atoms with Gasteiger partial charge in [-0.15, -0.1) is 0 Å². The molecule has 0 spiro atoms. The van der Waals surface area contributed by atoms with Crippen LogP contribution in [0, 0.1) is 5.41 Å². The van der Waals surface area contributed by atoms with Crippen molar-refractivity contribution >= 4 is 53.0 Å². The van der Waals surface area contributed by atoms with Crippen LogP contribution < -0.4 is 15.5 Å². The van der Waals surface area contributed by atoms with E-state index in [-0.39, 0.29) is 42.2 Å². The van der Waals surface area contributed by atoms with Gasteiger partial charge in [-0.05, 0) is 78.8 Å². The number of halogens is 1. The Balaban J connectivity index is 1.46. The Labute approximate surface area is 296 Å². The fraction of sp³-hybridized carbons (Fsp3) is 0.368. The maximum absolute atomic E-state index is 14.3. The van der Waals surface area contributed by atoms with Gasteiger partial charge in [0.2, 0.25) is 17.7 Å². The van der Waals surface area contributed by atoms with Crippen molar-refractivity contribution in [3.63, 3.8) is 0 Å². The minimum absolute atomic E-state index is 0.157. The number of carboxylic acids is 1. The third-order valence-corrected chi connectivity index (χ3v) is 9.67. The second-order valence-electron chi connectivity index (χ2n) is 12.9. The smallest absolute Gasteiger partial charge is 0.352 e. The summed E-state index contributed by atoms with van der Waals surface area (Å²) in [5.74, 6) is -2.28. The molecule has 2 unspecified atom stereocenters. The zero-order valence-electron chi connectivity index (χ0n) is 28.2. The molecule has 1 aliphatic carbocycles. The topological polar surface area (TPSA) is 149 Å². The van der Waals surface area contributed by atoms with E-state index in [2.05, 4.69) is 15.6 Å². The molecule has 2 fully saturated rings. The van der Waals surface area contributed by atoms with E-state index in [4.69, 9.17) is 11.6 Å². The number of aliphatic carboxylic acids is 1. The summed E-state index contributed by atoms with van der Waals surface area (Å²) >= 11 is 6.22. The van der Waals surface area contributed by atoms with Crippen LogP contribution in [0.2, 0.25) is 5.02 Å². The van der Waals surface area contributed by atoms with Gasteiger partial charge in [0.15, 0.2) is 0 Å². The molecule has 3 N–H and O–H groups in total. The number of carbonyl (C=O) groups excluding carboxylic acids is 4. The van der Waals surface area contributed by atoms with Crippen LogP contribution in [0.4, 0.5) is 5.69 Å². The number of aromatic nitrogens is 1. The monoisotopic (exact) mass is 699 g/mol. The lowest BCUT2D eigenvalue weighted by atomic mass is 9.81. The molecule has 1 saturated heterocycles. The van der Waals surface area contributed by atoms with E-state index >= 15 is 0 Å². The van der Waals surface area contributed by atoms with E-state index in [0.29, 0.717) is 54.1 Å². The number of pyridine rings is 1. The highest BCUT2D eigenvalue weighted by atomic mass is 35.5. The van der Waals surface area contributed by atoms with E-state index in [1.165, 1.54) is 13.0 Å². The molecule has 1 saturated carbocycles. The largest absolute Gasteiger partial charge is 0.477 e. The molecule has 2 aliphatic rings. The number of anilines is 1. The van der Waals surface area contributed by atoms with Gasteiger partial charge in [0, 0.05) is 49.4 Å². The molecule has 5 rings (SSSR count). The van der Waals surface area contributed by atoms with Gasteiger partial charge >= 0.3 is 5.97 Å². The van der Waals surface area contributed by atoms with Crippen molar-refractivity contribution in [3.8, 4) is 0 Å². The highest BCUT2D eigenvalue weighted by molar-refractivity contribution is 6.30. The summed E-state index contributed by atoms with van der Waals surface area (Å²) in [5, 5.41) is 15.9. The van der Waals surface area contributed by atoms with Crippen LogP contribution in [0.3, 0.4) is 0 Å². The normalized spacial score (nSPS) is 18.6. The predicted molar refractivity (Wildman–Crippen MR) is 190 cm³/mol.